The van der Waals surface area contributed by atoms with E-state index in [0.717, 1.165) is 32.1 Å². The molecule has 2 aromatic rings. The molecule has 6 rings (SSSR count). The number of ether oxygens (including phenoxy) is 2. The first-order chi connectivity index (χ1) is 16.4. The molecule has 2 bridgehead atoms. The molecule has 5 atom stereocenters. The third kappa shape index (κ3) is 4.65. The van der Waals surface area contributed by atoms with Crippen LogP contribution < -0.4 is 9.05 Å². The van der Waals surface area contributed by atoms with Gasteiger partial charge in [-0.2, -0.15) is 0 Å². The first kappa shape index (κ1) is 23.8. The van der Waals surface area contributed by atoms with Crippen LogP contribution in [0.15, 0.2) is 60.7 Å². The van der Waals surface area contributed by atoms with Gasteiger partial charge >= 0.3 is 7.60 Å². The summed E-state index contributed by atoms with van der Waals surface area (Å²) in [6.45, 7) is 1.90. The van der Waals surface area contributed by atoms with E-state index in [4.69, 9.17) is 28.3 Å². The number of hydrogen-bond acceptors (Lipinski definition) is 7. The van der Waals surface area contributed by atoms with Crippen LogP contribution in [0.2, 0.25) is 0 Å². The maximum atomic E-state index is 14.0. The zero-order valence-electron chi connectivity index (χ0n) is 19.8. The zero-order chi connectivity index (χ0) is 23.7. The lowest BCUT2D eigenvalue weighted by Crippen LogP contribution is -2.63. The predicted octanol–water partition coefficient (Wildman–Crippen LogP) is 6.34. The smallest absolute Gasteiger partial charge is 0.416 e. The summed E-state index contributed by atoms with van der Waals surface area (Å²) in [5, 5.41) is 0. The lowest BCUT2D eigenvalue weighted by Gasteiger charge is -2.53. The van der Waals surface area contributed by atoms with E-state index in [9.17, 15) is 4.57 Å². The highest BCUT2D eigenvalue weighted by molar-refractivity contribution is 7.54. The van der Waals surface area contributed by atoms with E-state index in [2.05, 4.69) is 0 Å². The molecule has 3 heterocycles. The molecular weight excluding hydrogens is 455 g/mol. The maximum Gasteiger partial charge on any atom is 0.430 e. The van der Waals surface area contributed by atoms with E-state index in [1.54, 1.807) is 31.4 Å². The summed E-state index contributed by atoms with van der Waals surface area (Å²) < 4.78 is 38.1. The Kier molecular flexibility index (Phi) is 6.75. The fraction of sp³-hybridized carbons (Fsp3) is 0.538. The van der Waals surface area contributed by atoms with E-state index in [1.165, 1.54) is 0 Å². The Morgan fingerprint density at radius 2 is 1.59 bits per heavy atom. The quantitative estimate of drug-likeness (QED) is 0.317. The molecular formula is C26H33O7P. The van der Waals surface area contributed by atoms with Crippen molar-refractivity contribution in [2.24, 2.45) is 11.8 Å². The highest BCUT2D eigenvalue weighted by Gasteiger charge is 2.63. The number of fused-ring (bicyclic) bond motifs is 3. The number of para-hydroxylation sites is 2. The van der Waals surface area contributed by atoms with Gasteiger partial charge in [0.15, 0.2) is 11.9 Å². The van der Waals surface area contributed by atoms with Gasteiger partial charge in [-0.15, -0.1) is 0 Å². The Morgan fingerprint density at radius 3 is 2.21 bits per heavy atom. The fourth-order valence-electron chi connectivity index (χ4n) is 5.67. The van der Waals surface area contributed by atoms with Crippen LogP contribution >= 0.6 is 7.60 Å². The molecule has 0 N–H and O–H groups in total. The standard InChI is InChI=1S/C26H33O7P/c1-25-18-16-20-10-9-11-21(26(20,33-32-25)24(28-2)29-25)17-19-34(27,30-22-12-5-3-6-13-22)31-23-14-7-4-8-15-23/h3-8,12-15,20-21,24H,9-11,16-19H2,1-2H3/t20-,21+,24+,25-,26-/m1/s1. The van der Waals surface area contributed by atoms with E-state index in [1.807, 2.05) is 43.3 Å². The van der Waals surface area contributed by atoms with Crippen LogP contribution in [-0.2, 0) is 23.8 Å². The van der Waals surface area contributed by atoms with Crippen molar-refractivity contribution in [3.63, 3.8) is 0 Å². The van der Waals surface area contributed by atoms with Crippen molar-refractivity contribution >= 4 is 7.60 Å². The molecule has 1 aliphatic carbocycles. The molecule has 1 saturated carbocycles. The highest BCUT2D eigenvalue weighted by atomic mass is 31.2. The normalized spacial score (nSPS) is 33.1. The SMILES string of the molecule is CO[C@H]1O[C@@]2(C)CC[C@H]3CCC[C@@H](CCP(=O)(Oc4ccccc4)Oc4ccccc4)[C@]31OO2. The second-order valence-corrected chi connectivity index (χ2v) is 11.7. The molecule has 0 unspecified atom stereocenters. The van der Waals surface area contributed by atoms with Gasteiger partial charge in [0.2, 0.25) is 5.79 Å². The molecule has 7 nitrogen and oxygen atoms in total. The van der Waals surface area contributed by atoms with Crippen LogP contribution in [0.25, 0.3) is 0 Å². The first-order valence-corrected chi connectivity index (χ1v) is 13.8. The van der Waals surface area contributed by atoms with Gasteiger partial charge in [-0.05, 0) is 68.7 Å². The van der Waals surface area contributed by atoms with Gasteiger partial charge in [-0.3, -0.25) is 0 Å². The van der Waals surface area contributed by atoms with Crippen LogP contribution in [0.4, 0.5) is 0 Å². The van der Waals surface area contributed by atoms with Gasteiger partial charge in [-0.1, -0.05) is 42.8 Å². The molecule has 3 saturated heterocycles. The van der Waals surface area contributed by atoms with Gasteiger partial charge in [-0.25, -0.2) is 14.3 Å². The minimum absolute atomic E-state index is 0.0194. The average Bonchev–Trinajstić information content (AvgIpc) is 3.08. The second-order valence-electron chi connectivity index (χ2n) is 9.63. The van der Waals surface area contributed by atoms with E-state index in [0.29, 0.717) is 17.9 Å². The Labute approximate surface area is 201 Å². The molecule has 4 aliphatic rings. The van der Waals surface area contributed by atoms with Crippen molar-refractivity contribution in [1.82, 2.24) is 0 Å². The summed E-state index contributed by atoms with van der Waals surface area (Å²) in [5.41, 5.74) is -0.743. The molecule has 0 aromatic heterocycles. The number of benzene rings is 2. The largest absolute Gasteiger partial charge is 0.430 e. The molecule has 184 valence electrons. The first-order valence-electron chi connectivity index (χ1n) is 12.1. The van der Waals surface area contributed by atoms with Crippen LogP contribution in [0, 0.1) is 11.8 Å². The van der Waals surface area contributed by atoms with E-state index >= 15 is 0 Å². The fourth-order valence-corrected chi connectivity index (χ4v) is 7.40. The molecule has 2 aromatic carbocycles. The van der Waals surface area contributed by atoms with Crippen molar-refractivity contribution in [1.29, 1.82) is 0 Å². The Balaban J connectivity index is 1.40. The summed E-state index contributed by atoms with van der Waals surface area (Å²) >= 11 is 0. The number of hydrogen-bond donors (Lipinski definition) is 0. The minimum atomic E-state index is -3.54. The lowest BCUT2D eigenvalue weighted by atomic mass is 9.65. The summed E-state index contributed by atoms with van der Waals surface area (Å²) in [7, 11) is -1.88. The third-order valence-electron chi connectivity index (χ3n) is 7.36. The van der Waals surface area contributed by atoms with Crippen molar-refractivity contribution in [3.05, 3.63) is 60.7 Å². The van der Waals surface area contributed by atoms with Gasteiger partial charge in [0.25, 0.3) is 0 Å². The van der Waals surface area contributed by atoms with Crippen molar-refractivity contribution in [2.45, 2.75) is 63.1 Å². The van der Waals surface area contributed by atoms with E-state index < -0.39 is 25.3 Å². The Morgan fingerprint density at radius 1 is 0.941 bits per heavy atom. The van der Waals surface area contributed by atoms with Crippen LogP contribution in [0.3, 0.4) is 0 Å². The van der Waals surface area contributed by atoms with Crippen LogP contribution in [0.1, 0.15) is 45.4 Å². The van der Waals surface area contributed by atoms with Gasteiger partial charge < -0.3 is 18.5 Å². The summed E-state index contributed by atoms with van der Waals surface area (Å²) in [6, 6.07) is 18.3. The minimum Gasteiger partial charge on any atom is -0.416 e. The molecule has 4 fully saturated rings. The molecule has 1 spiro atoms. The van der Waals surface area contributed by atoms with Crippen LogP contribution in [-0.4, -0.2) is 30.9 Å². The van der Waals surface area contributed by atoms with E-state index in [-0.39, 0.29) is 18.0 Å². The lowest BCUT2D eigenvalue weighted by molar-refractivity contribution is -0.554. The van der Waals surface area contributed by atoms with Gasteiger partial charge in [0.1, 0.15) is 11.5 Å². The highest BCUT2D eigenvalue weighted by Crippen LogP contribution is 2.57. The summed E-state index contributed by atoms with van der Waals surface area (Å²) in [5.74, 6) is 0.482. The Bertz CT molecular complexity index is 957. The number of methoxy groups -OCH3 is 1. The molecule has 0 amide bonds. The maximum absolute atomic E-state index is 14.0. The molecule has 3 aliphatic heterocycles. The van der Waals surface area contributed by atoms with Crippen molar-refractivity contribution in [2.75, 3.05) is 13.3 Å². The predicted molar refractivity (Wildman–Crippen MR) is 126 cm³/mol. The monoisotopic (exact) mass is 488 g/mol. The average molecular weight is 489 g/mol. The third-order valence-corrected chi connectivity index (χ3v) is 9.14. The Hall–Kier alpha value is -1.89. The number of rotatable bonds is 8. The molecule has 34 heavy (non-hydrogen) atoms. The van der Waals surface area contributed by atoms with Gasteiger partial charge in [0.05, 0.1) is 6.16 Å². The van der Waals surface area contributed by atoms with Crippen molar-refractivity contribution < 1.29 is 32.9 Å². The summed E-state index contributed by atoms with van der Waals surface area (Å²) in [4.78, 5) is 12.0. The summed E-state index contributed by atoms with van der Waals surface area (Å²) in [6.07, 6.45) is 4.92. The second kappa shape index (κ2) is 9.63. The molecule has 8 heteroatoms. The zero-order valence-corrected chi connectivity index (χ0v) is 20.7. The van der Waals surface area contributed by atoms with Gasteiger partial charge in [0, 0.05) is 13.5 Å². The van der Waals surface area contributed by atoms with Crippen molar-refractivity contribution in [3.8, 4) is 11.5 Å². The van der Waals surface area contributed by atoms with Crippen LogP contribution in [0.5, 0.6) is 11.5 Å². The molecule has 0 radical (unpaired) electrons. The topological polar surface area (TPSA) is 72.5 Å².